The molecule has 1 unspecified atom stereocenters. The molecule has 3 rings (SSSR count). The minimum absolute atomic E-state index is 0.150. The topological polar surface area (TPSA) is 49.3 Å². The fourth-order valence-corrected chi connectivity index (χ4v) is 4.07. The first kappa shape index (κ1) is 15.1. The second-order valence-electron chi connectivity index (χ2n) is 4.98. The summed E-state index contributed by atoms with van der Waals surface area (Å²) in [5.41, 5.74) is 1.56. The Morgan fingerprint density at radius 1 is 1.41 bits per heavy atom. The number of thiophene rings is 2. The van der Waals surface area contributed by atoms with E-state index < -0.39 is 6.10 Å². The van der Waals surface area contributed by atoms with Crippen molar-refractivity contribution >= 4 is 38.7 Å². The average Bonchev–Trinajstić information content (AvgIpc) is 3.14. The van der Waals surface area contributed by atoms with E-state index in [-0.39, 0.29) is 18.3 Å². The lowest BCUT2D eigenvalue weighted by molar-refractivity contribution is 0.0920. The molecular weight excluding hydrogens is 321 g/mol. The van der Waals surface area contributed by atoms with Crippen molar-refractivity contribution in [2.75, 3.05) is 6.54 Å². The van der Waals surface area contributed by atoms with E-state index in [0.29, 0.717) is 4.88 Å². The molecule has 114 valence electrons. The zero-order valence-electron chi connectivity index (χ0n) is 11.8. The molecule has 0 aliphatic carbocycles. The van der Waals surface area contributed by atoms with E-state index in [2.05, 4.69) is 5.32 Å². The Morgan fingerprint density at radius 3 is 2.95 bits per heavy atom. The van der Waals surface area contributed by atoms with Crippen molar-refractivity contribution in [3.63, 3.8) is 0 Å². The molecule has 1 amide bonds. The first-order valence-corrected chi connectivity index (χ1v) is 8.49. The van der Waals surface area contributed by atoms with Crippen molar-refractivity contribution in [3.8, 4) is 0 Å². The van der Waals surface area contributed by atoms with E-state index >= 15 is 0 Å². The van der Waals surface area contributed by atoms with E-state index in [1.54, 1.807) is 6.07 Å². The highest BCUT2D eigenvalue weighted by Crippen LogP contribution is 2.31. The molecular formula is C16H14FNO2S2. The summed E-state index contributed by atoms with van der Waals surface area (Å²) in [6, 6.07) is 6.34. The Hall–Kier alpha value is -1.76. The third kappa shape index (κ3) is 2.90. The highest BCUT2D eigenvalue weighted by molar-refractivity contribution is 7.21. The van der Waals surface area contributed by atoms with Crippen molar-refractivity contribution in [2.45, 2.75) is 13.0 Å². The summed E-state index contributed by atoms with van der Waals surface area (Å²) in [7, 11) is 0. The van der Waals surface area contributed by atoms with E-state index in [9.17, 15) is 14.3 Å². The summed E-state index contributed by atoms with van der Waals surface area (Å²) in [6.07, 6.45) is -0.720. The molecule has 0 aliphatic rings. The number of carbonyl (C=O) groups is 1. The molecule has 2 N–H and O–H groups in total. The third-order valence-corrected chi connectivity index (χ3v) is 5.46. The second kappa shape index (κ2) is 6.16. The smallest absolute Gasteiger partial charge is 0.261 e. The van der Waals surface area contributed by atoms with E-state index in [1.165, 1.54) is 34.8 Å². The van der Waals surface area contributed by atoms with Crippen molar-refractivity contribution in [1.29, 1.82) is 0 Å². The van der Waals surface area contributed by atoms with Crippen LogP contribution in [0.1, 0.15) is 26.9 Å². The number of amides is 1. The van der Waals surface area contributed by atoms with Gasteiger partial charge in [0.05, 0.1) is 11.0 Å². The van der Waals surface area contributed by atoms with Gasteiger partial charge in [-0.25, -0.2) is 4.39 Å². The molecule has 3 nitrogen and oxygen atoms in total. The van der Waals surface area contributed by atoms with Gasteiger partial charge < -0.3 is 10.4 Å². The number of rotatable bonds is 4. The van der Waals surface area contributed by atoms with Gasteiger partial charge in [-0.05, 0) is 58.5 Å². The number of benzene rings is 1. The number of aliphatic hydroxyl groups is 1. The van der Waals surface area contributed by atoms with Crippen LogP contribution < -0.4 is 5.32 Å². The summed E-state index contributed by atoms with van der Waals surface area (Å²) in [5, 5.41) is 17.2. The van der Waals surface area contributed by atoms with Crippen LogP contribution >= 0.6 is 22.7 Å². The summed E-state index contributed by atoms with van der Waals surface area (Å²) in [5.74, 6) is -0.554. The summed E-state index contributed by atoms with van der Waals surface area (Å²) < 4.78 is 14.2. The van der Waals surface area contributed by atoms with Crippen LogP contribution in [-0.2, 0) is 0 Å². The van der Waals surface area contributed by atoms with Crippen LogP contribution in [0.2, 0.25) is 0 Å². The Morgan fingerprint density at radius 2 is 2.23 bits per heavy atom. The lowest BCUT2D eigenvalue weighted by Gasteiger charge is -2.10. The molecule has 0 saturated carbocycles. The van der Waals surface area contributed by atoms with Crippen LogP contribution in [-0.4, -0.2) is 17.6 Å². The largest absolute Gasteiger partial charge is 0.387 e. The molecule has 3 aromatic rings. The number of hydrogen-bond acceptors (Lipinski definition) is 4. The quantitative estimate of drug-likeness (QED) is 0.760. The monoisotopic (exact) mass is 335 g/mol. The molecule has 0 saturated heterocycles. The third-order valence-electron chi connectivity index (χ3n) is 3.49. The maximum atomic E-state index is 13.3. The zero-order chi connectivity index (χ0) is 15.7. The van der Waals surface area contributed by atoms with E-state index in [0.717, 1.165) is 21.2 Å². The molecule has 2 aromatic heterocycles. The predicted octanol–water partition coefficient (Wildman–Crippen LogP) is 3.87. The standard InChI is InChI=1S/C16H14FNO2S2/c1-9-12-6-11(17)2-3-14(12)22-15(9)16(20)18-7-13(19)10-4-5-21-8-10/h2-6,8,13,19H,7H2,1H3,(H,18,20). The summed E-state index contributed by atoms with van der Waals surface area (Å²) >= 11 is 2.83. The van der Waals surface area contributed by atoms with Crippen LogP contribution in [0.4, 0.5) is 4.39 Å². The minimum atomic E-state index is -0.720. The molecule has 0 spiro atoms. The maximum absolute atomic E-state index is 13.3. The fraction of sp³-hybridized carbons (Fsp3) is 0.188. The van der Waals surface area contributed by atoms with E-state index in [1.807, 2.05) is 23.8 Å². The van der Waals surface area contributed by atoms with Gasteiger partial charge in [0.15, 0.2) is 0 Å². The second-order valence-corrected chi connectivity index (χ2v) is 6.81. The zero-order valence-corrected chi connectivity index (χ0v) is 13.4. The highest BCUT2D eigenvalue weighted by Gasteiger charge is 2.17. The van der Waals surface area contributed by atoms with Crippen LogP contribution in [0.5, 0.6) is 0 Å². The first-order chi connectivity index (χ1) is 10.6. The van der Waals surface area contributed by atoms with Gasteiger partial charge in [-0.15, -0.1) is 11.3 Å². The number of halogens is 1. The number of hydrogen-bond donors (Lipinski definition) is 2. The van der Waals surface area contributed by atoms with Gasteiger partial charge in [0.2, 0.25) is 0 Å². The van der Waals surface area contributed by atoms with Crippen LogP contribution in [0.15, 0.2) is 35.0 Å². The van der Waals surface area contributed by atoms with Crippen LogP contribution in [0, 0.1) is 12.7 Å². The van der Waals surface area contributed by atoms with Gasteiger partial charge >= 0.3 is 0 Å². The number of fused-ring (bicyclic) bond motifs is 1. The molecule has 0 fully saturated rings. The molecule has 6 heteroatoms. The Bertz CT molecular complexity index is 811. The van der Waals surface area contributed by atoms with Crippen molar-refractivity contribution in [2.24, 2.45) is 0 Å². The fourth-order valence-electron chi connectivity index (χ4n) is 2.26. The van der Waals surface area contributed by atoms with Gasteiger partial charge in [-0.1, -0.05) is 0 Å². The SMILES string of the molecule is Cc1c(C(=O)NCC(O)c2ccsc2)sc2ccc(F)cc12. The number of carbonyl (C=O) groups excluding carboxylic acids is 1. The highest BCUT2D eigenvalue weighted by atomic mass is 32.1. The molecule has 0 bridgehead atoms. The summed E-state index contributed by atoms with van der Waals surface area (Å²) in [6.45, 7) is 1.96. The van der Waals surface area contributed by atoms with Crippen molar-refractivity contribution < 1.29 is 14.3 Å². The van der Waals surface area contributed by atoms with Gasteiger partial charge in [-0.2, -0.15) is 11.3 Å². The van der Waals surface area contributed by atoms with Crippen LogP contribution in [0.3, 0.4) is 0 Å². The number of aliphatic hydroxyl groups excluding tert-OH is 1. The maximum Gasteiger partial charge on any atom is 0.261 e. The van der Waals surface area contributed by atoms with Crippen molar-refractivity contribution in [3.05, 3.63) is 56.8 Å². The van der Waals surface area contributed by atoms with Crippen molar-refractivity contribution in [1.82, 2.24) is 5.32 Å². The van der Waals surface area contributed by atoms with Gasteiger partial charge in [0.1, 0.15) is 5.82 Å². The normalized spacial score (nSPS) is 12.5. The van der Waals surface area contributed by atoms with Gasteiger partial charge in [-0.3, -0.25) is 4.79 Å². The predicted molar refractivity (Wildman–Crippen MR) is 88.1 cm³/mol. The van der Waals surface area contributed by atoms with Gasteiger partial charge in [0.25, 0.3) is 5.91 Å². The Balaban J connectivity index is 1.76. The molecule has 22 heavy (non-hydrogen) atoms. The Kier molecular flexibility index (Phi) is 4.24. The number of aryl methyl sites for hydroxylation is 1. The molecule has 1 aromatic carbocycles. The lowest BCUT2D eigenvalue weighted by Crippen LogP contribution is -2.28. The minimum Gasteiger partial charge on any atom is -0.387 e. The lowest BCUT2D eigenvalue weighted by atomic mass is 10.1. The molecule has 2 heterocycles. The molecule has 0 radical (unpaired) electrons. The van der Waals surface area contributed by atoms with Gasteiger partial charge in [0, 0.05) is 11.2 Å². The van der Waals surface area contributed by atoms with Crippen LogP contribution in [0.25, 0.3) is 10.1 Å². The average molecular weight is 335 g/mol. The Labute approximate surface area is 135 Å². The summed E-state index contributed by atoms with van der Waals surface area (Å²) in [4.78, 5) is 12.8. The number of nitrogens with one attached hydrogen (secondary N) is 1. The molecule has 0 aliphatic heterocycles. The molecule has 1 atom stereocenters. The van der Waals surface area contributed by atoms with E-state index in [4.69, 9.17) is 0 Å². The first-order valence-electron chi connectivity index (χ1n) is 6.73.